The quantitative estimate of drug-likeness (QED) is 0.417. The second-order valence-corrected chi connectivity index (χ2v) is 9.76. The molecular formula is C25H24ClF2N7O2. The Morgan fingerprint density at radius 3 is 2.78 bits per heavy atom. The van der Waals surface area contributed by atoms with Gasteiger partial charge in [0.1, 0.15) is 5.02 Å². The lowest BCUT2D eigenvalue weighted by Crippen LogP contribution is -2.44. The molecule has 9 nitrogen and oxygen atoms in total. The largest absolute Gasteiger partial charge is 0.433 e. The Morgan fingerprint density at radius 2 is 2.03 bits per heavy atom. The summed E-state index contributed by atoms with van der Waals surface area (Å²) in [5, 5.41) is 9.08. The summed E-state index contributed by atoms with van der Waals surface area (Å²) in [6.07, 6.45) is 2.45. The number of nitrogens with one attached hydrogen (secondary N) is 3. The first kappa shape index (κ1) is 23.7. The van der Waals surface area contributed by atoms with Gasteiger partial charge in [-0.2, -0.15) is 13.8 Å². The number of likely N-dealkylation sites (N-methyl/N-ethyl adjacent to an activating group) is 1. The van der Waals surface area contributed by atoms with E-state index >= 15 is 0 Å². The van der Waals surface area contributed by atoms with E-state index in [2.05, 4.69) is 42.8 Å². The zero-order chi connectivity index (χ0) is 25.7. The zero-order valence-electron chi connectivity index (χ0n) is 19.8. The number of alkyl halides is 2. The van der Waals surface area contributed by atoms with Crippen molar-refractivity contribution in [1.29, 1.82) is 0 Å². The summed E-state index contributed by atoms with van der Waals surface area (Å²) in [5.41, 5.74) is 3.06. The molecule has 2 fully saturated rings. The van der Waals surface area contributed by atoms with E-state index in [4.69, 9.17) is 16.3 Å². The average Bonchev–Trinajstić information content (AvgIpc) is 3.56. The van der Waals surface area contributed by atoms with Crippen LogP contribution >= 0.6 is 11.6 Å². The molecule has 1 amide bonds. The summed E-state index contributed by atoms with van der Waals surface area (Å²) < 4.78 is 31.4. The number of hydrogen-bond acceptors (Lipinski definition) is 8. The third kappa shape index (κ3) is 4.49. The Balaban J connectivity index is 1.26. The van der Waals surface area contributed by atoms with Gasteiger partial charge in [-0.25, -0.2) is 4.98 Å². The molecule has 0 aliphatic carbocycles. The molecule has 2 saturated heterocycles. The SMILES string of the molecule is CN1C[C@H]2C[C@@H]1CN2c1ccc(Nc2ncc(Cl)c(Nc3cccc4c3C(=O)NC4)n2)c(OC(F)F)c1. The topological polar surface area (TPSA) is 94.7 Å². The first-order valence-corrected chi connectivity index (χ1v) is 12.3. The second-order valence-electron chi connectivity index (χ2n) is 9.36. The van der Waals surface area contributed by atoms with E-state index in [0.717, 1.165) is 30.8 Å². The zero-order valence-corrected chi connectivity index (χ0v) is 20.6. The number of carbonyl (C=O) groups excluding carboxylic acids is 1. The number of benzene rings is 2. The van der Waals surface area contributed by atoms with Crippen molar-refractivity contribution < 1.29 is 18.3 Å². The number of halogens is 3. The highest BCUT2D eigenvalue weighted by Crippen LogP contribution is 2.39. The van der Waals surface area contributed by atoms with Gasteiger partial charge in [-0.05, 0) is 37.2 Å². The predicted molar refractivity (Wildman–Crippen MR) is 136 cm³/mol. The monoisotopic (exact) mass is 527 g/mol. The molecule has 4 heterocycles. The fourth-order valence-electron chi connectivity index (χ4n) is 5.32. The van der Waals surface area contributed by atoms with Crippen LogP contribution in [0.1, 0.15) is 22.3 Å². The van der Waals surface area contributed by atoms with Crippen LogP contribution < -0.4 is 25.6 Å². The molecule has 2 atom stereocenters. The number of rotatable bonds is 7. The third-order valence-corrected chi connectivity index (χ3v) is 7.36. The molecule has 12 heteroatoms. The van der Waals surface area contributed by atoms with E-state index in [1.807, 2.05) is 18.2 Å². The van der Waals surface area contributed by atoms with Crippen LogP contribution in [-0.2, 0) is 6.54 Å². The van der Waals surface area contributed by atoms with Gasteiger partial charge in [-0.1, -0.05) is 23.7 Å². The van der Waals surface area contributed by atoms with Gasteiger partial charge in [0.25, 0.3) is 5.91 Å². The molecule has 3 aliphatic heterocycles. The molecule has 192 valence electrons. The predicted octanol–water partition coefficient (Wildman–Crippen LogP) is 4.35. The number of piperazine rings is 1. The van der Waals surface area contributed by atoms with Crippen LogP contribution in [0.5, 0.6) is 5.75 Å². The number of hydrogen-bond donors (Lipinski definition) is 3. The first-order chi connectivity index (χ1) is 17.9. The number of likely N-dealkylation sites (tertiary alicyclic amines) is 1. The third-order valence-electron chi connectivity index (χ3n) is 7.09. The summed E-state index contributed by atoms with van der Waals surface area (Å²) in [5.74, 6) is 0.192. The Hall–Kier alpha value is -3.70. The molecular weight excluding hydrogens is 504 g/mol. The van der Waals surface area contributed by atoms with Crippen LogP contribution in [0.15, 0.2) is 42.6 Å². The van der Waals surface area contributed by atoms with Crippen molar-refractivity contribution in [2.24, 2.45) is 0 Å². The number of fused-ring (bicyclic) bond motifs is 3. The van der Waals surface area contributed by atoms with E-state index in [0.29, 0.717) is 35.6 Å². The molecule has 0 spiro atoms. The summed E-state index contributed by atoms with van der Waals surface area (Å²) in [6.45, 7) is -0.756. The first-order valence-electron chi connectivity index (χ1n) is 11.9. The van der Waals surface area contributed by atoms with Crippen LogP contribution in [0.25, 0.3) is 0 Å². The number of anilines is 5. The maximum absolute atomic E-state index is 13.3. The van der Waals surface area contributed by atoms with Crippen LogP contribution in [0, 0.1) is 0 Å². The van der Waals surface area contributed by atoms with Gasteiger partial charge in [0.15, 0.2) is 11.6 Å². The van der Waals surface area contributed by atoms with Crippen molar-refractivity contribution in [3.8, 4) is 5.75 Å². The summed E-state index contributed by atoms with van der Waals surface area (Å²) in [4.78, 5) is 25.4. The average molecular weight is 528 g/mol. The summed E-state index contributed by atoms with van der Waals surface area (Å²) in [6, 6.07) is 11.4. The Kier molecular flexibility index (Phi) is 5.96. The van der Waals surface area contributed by atoms with E-state index < -0.39 is 6.61 Å². The van der Waals surface area contributed by atoms with Gasteiger partial charge in [0.2, 0.25) is 5.95 Å². The molecule has 1 aromatic heterocycles. The maximum Gasteiger partial charge on any atom is 0.387 e. The lowest BCUT2D eigenvalue weighted by atomic mass is 10.1. The van der Waals surface area contributed by atoms with Crippen molar-refractivity contribution in [3.63, 3.8) is 0 Å². The van der Waals surface area contributed by atoms with Gasteiger partial charge in [-0.15, -0.1) is 0 Å². The maximum atomic E-state index is 13.3. The Bertz CT molecular complexity index is 1370. The fourth-order valence-corrected chi connectivity index (χ4v) is 5.45. The minimum Gasteiger partial charge on any atom is -0.433 e. The second kappa shape index (κ2) is 9.31. The highest BCUT2D eigenvalue weighted by atomic mass is 35.5. The van der Waals surface area contributed by atoms with Crippen molar-refractivity contribution in [1.82, 2.24) is 20.2 Å². The van der Waals surface area contributed by atoms with E-state index in [-0.39, 0.29) is 28.4 Å². The molecule has 0 saturated carbocycles. The molecule has 2 bridgehead atoms. The van der Waals surface area contributed by atoms with Crippen LogP contribution in [-0.4, -0.2) is 59.6 Å². The Morgan fingerprint density at radius 1 is 1.16 bits per heavy atom. The van der Waals surface area contributed by atoms with Crippen LogP contribution in [0.3, 0.4) is 0 Å². The number of ether oxygens (including phenoxy) is 1. The molecule has 3 aromatic rings. The standard InChI is InChI=1S/C25H24ClF2N7O2/c1-34-11-16-7-15(34)12-35(16)14-5-6-18(20(8-14)37-24(27)28)32-25-30-10-17(26)22(33-25)31-19-4-2-3-13-9-29-23(36)21(13)19/h2-6,8,10,15-16,24H,7,9,11-12H2,1H3,(H,29,36)(H2,30,31,32,33)/t15-,16-/m1/s1. The van der Waals surface area contributed by atoms with Gasteiger partial charge >= 0.3 is 6.61 Å². The fraction of sp³-hybridized carbons (Fsp3) is 0.320. The minimum atomic E-state index is -2.99. The van der Waals surface area contributed by atoms with Crippen molar-refractivity contribution in [3.05, 3.63) is 58.7 Å². The highest BCUT2D eigenvalue weighted by Gasteiger charge is 2.41. The lowest BCUT2D eigenvalue weighted by molar-refractivity contribution is -0.0493. The molecule has 6 rings (SSSR count). The molecule has 3 N–H and O–H groups in total. The van der Waals surface area contributed by atoms with Crippen molar-refractivity contribution >= 4 is 46.3 Å². The normalized spacial score (nSPS) is 20.4. The Labute approximate surface area is 216 Å². The molecule has 37 heavy (non-hydrogen) atoms. The number of carbonyl (C=O) groups is 1. The molecule has 0 unspecified atom stereocenters. The van der Waals surface area contributed by atoms with Crippen molar-refractivity contribution in [2.45, 2.75) is 31.7 Å². The van der Waals surface area contributed by atoms with Crippen LogP contribution in [0.2, 0.25) is 5.02 Å². The van der Waals surface area contributed by atoms with Gasteiger partial charge < -0.3 is 25.6 Å². The molecule has 3 aliphatic rings. The van der Waals surface area contributed by atoms with Gasteiger partial charge in [0, 0.05) is 43.5 Å². The molecule has 0 radical (unpaired) electrons. The lowest BCUT2D eigenvalue weighted by Gasteiger charge is -2.34. The summed E-state index contributed by atoms with van der Waals surface area (Å²) in [7, 11) is 2.11. The van der Waals surface area contributed by atoms with E-state index in [1.54, 1.807) is 18.2 Å². The van der Waals surface area contributed by atoms with Crippen molar-refractivity contribution in [2.75, 3.05) is 35.7 Å². The minimum absolute atomic E-state index is 0.00534. The van der Waals surface area contributed by atoms with Gasteiger partial charge in [-0.3, -0.25) is 9.69 Å². The summed E-state index contributed by atoms with van der Waals surface area (Å²) >= 11 is 6.32. The van der Waals surface area contributed by atoms with Gasteiger partial charge in [0.05, 0.1) is 23.1 Å². The molecule has 2 aromatic carbocycles. The smallest absolute Gasteiger partial charge is 0.387 e. The van der Waals surface area contributed by atoms with E-state index in [9.17, 15) is 13.6 Å². The van der Waals surface area contributed by atoms with E-state index in [1.165, 1.54) is 6.20 Å². The van der Waals surface area contributed by atoms with Crippen LogP contribution in [0.4, 0.5) is 37.6 Å². The number of aromatic nitrogens is 2. The number of amides is 1. The number of nitrogens with zero attached hydrogens (tertiary/aromatic N) is 4. The highest BCUT2D eigenvalue weighted by molar-refractivity contribution is 6.33.